The number of anilines is 1. The van der Waals surface area contributed by atoms with Gasteiger partial charge in [-0.2, -0.15) is 0 Å². The molecular formula is C16H25FN2O2. The van der Waals surface area contributed by atoms with E-state index in [1.165, 1.54) is 12.1 Å². The van der Waals surface area contributed by atoms with Crippen LogP contribution < -0.4 is 15.8 Å². The molecule has 0 radical (unpaired) electrons. The van der Waals surface area contributed by atoms with E-state index in [9.17, 15) is 9.18 Å². The zero-order chi connectivity index (χ0) is 15.8. The number of nitrogens with one attached hydrogen (secondary N) is 1. The van der Waals surface area contributed by atoms with Crippen molar-refractivity contribution < 1.29 is 13.9 Å². The van der Waals surface area contributed by atoms with Crippen molar-refractivity contribution in [2.45, 2.75) is 46.1 Å². The summed E-state index contributed by atoms with van der Waals surface area (Å²) in [6.45, 7) is 6.01. The molecule has 0 aliphatic rings. The first-order valence-corrected chi connectivity index (χ1v) is 7.42. The molecule has 0 fully saturated rings. The lowest BCUT2D eigenvalue weighted by atomic mass is 10.0. The van der Waals surface area contributed by atoms with E-state index in [-0.39, 0.29) is 23.6 Å². The van der Waals surface area contributed by atoms with Gasteiger partial charge in [-0.15, -0.1) is 0 Å². The van der Waals surface area contributed by atoms with Gasteiger partial charge in [-0.25, -0.2) is 4.39 Å². The van der Waals surface area contributed by atoms with Crippen LogP contribution in [0.3, 0.4) is 0 Å². The lowest BCUT2D eigenvalue weighted by molar-refractivity contribution is -0.119. The SMILES string of the molecule is CCOc1ccc(NC(=O)C(C)CCCC(C)N)cc1F. The average Bonchev–Trinajstić information content (AvgIpc) is 2.41. The maximum atomic E-state index is 13.7. The van der Waals surface area contributed by atoms with Gasteiger partial charge in [0.15, 0.2) is 11.6 Å². The number of benzene rings is 1. The molecule has 0 spiro atoms. The lowest BCUT2D eigenvalue weighted by Gasteiger charge is -2.13. The Labute approximate surface area is 125 Å². The van der Waals surface area contributed by atoms with Crippen molar-refractivity contribution in [3.8, 4) is 5.75 Å². The molecule has 1 aromatic carbocycles. The minimum atomic E-state index is -0.473. The van der Waals surface area contributed by atoms with Gasteiger partial charge in [-0.05, 0) is 38.8 Å². The summed E-state index contributed by atoms with van der Waals surface area (Å²) >= 11 is 0. The molecule has 0 aliphatic heterocycles. The maximum absolute atomic E-state index is 13.7. The predicted molar refractivity (Wildman–Crippen MR) is 82.9 cm³/mol. The summed E-state index contributed by atoms with van der Waals surface area (Å²) in [5.74, 6) is -0.513. The van der Waals surface area contributed by atoms with E-state index in [1.54, 1.807) is 13.0 Å². The van der Waals surface area contributed by atoms with E-state index in [4.69, 9.17) is 10.5 Å². The van der Waals surface area contributed by atoms with Gasteiger partial charge in [0.05, 0.1) is 6.61 Å². The maximum Gasteiger partial charge on any atom is 0.227 e. The normalized spacial score (nSPS) is 13.6. The van der Waals surface area contributed by atoms with Gasteiger partial charge in [0, 0.05) is 23.7 Å². The standard InChI is InChI=1S/C16H25FN2O2/c1-4-21-15-9-8-13(10-14(15)17)19-16(20)11(2)6-5-7-12(3)18/h8-12H,4-7,18H2,1-3H3,(H,19,20). The molecule has 0 aliphatic carbocycles. The molecule has 0 saturated heterocycles. The zero-order valence-corrected chi connectivity index (χ0v) is 13.0. The van der Waals surface area contributed by atoms with E-state index in [0.29, 0.717) is 12.3 Å². The molecule has 2 atom stereocenters. The highest BCUT2D eigenvalue weighted by Crippen LogP contribution is 2.22. The molecule has 3 N–H and O–H groups in total. The smallest absolute Gasteiger partial charge is 0.227 e. The van der Waals surface area contributed by atoms with Gasteiger partial charge in [-0.3, -0.25) is 4.79 Å². The van der Waals surface area contributed by atoms with E-state index in [2.05, 4.69) is 5.32 Å². The zero-order valence-electron chi connectivity index (χ0n) is 13.0. The Bertz CT molecular complexity index is 464. The third-order valence-corrected chi connectivity index (χ3v) is 3.24. The van der Waals surface area contributed by atoms with Crippen molar-refractivity contribution in [2.75, 3.05) is 11.9 Å². The first-order chi connectivity index (χ1) is 9.93. The van der Waals surface area contributed by atoms with Crippen LogP contribution in [-0.4, -0.2) is 18.6 Å². The Morgan fingerprint density at radius 2 is 2.10 bits per heavy atom. The second kappa shape index (κ2) is 8.62. The van der Waals surface area contributed by atoms with Crippen LogP contribution >= 0.6 is 0 Å². The molecule has 21 heavy (non-hydrogen) atoms. The number of carbonyl (C=O) groups excluding carboxylic acids is 1. The van der Waals surface area contributed by atoms with Crippen LogP contribution in [0.1, 0.15) is 40.0 Å². The molecular weight excluding hydrogens is 271 g/mol. The van der Waals surface area contributed by atoms with Crippen molar-refractivity contribution >= 4 is 11.6 Å². The summed E-state index contributed by atoms with van der Waals surface area (Å²) in [5.41, 5.74) is 6.12. The number of hydrogen-bond acceptors (Lipinski definition) is 3. The van der Waals surface area contributed by atoms with Crippen molar-refractivity contribution in [3.05, 3.63) is 24.0 Å². The van der Waals surface area contributed by atoms with Gasteiger partial charge in [0.1, 0.15) is 0 Å². The van der Waals surface area contributed by atoms with Crippen LogP contribution in [0.4, 0.5) is 10.1 Å². The molecule has 1 rings (SSSR count). The summed E-state index contributed by atoms with van der Waals surface area (Å²) in [4.78, 5) is 12.0. The topological polar surface area (TPSA) is 64.3 Å². The van der Waals surface area contributed by atoms with Crippen LogP contribution in [0, 0.1) is 11.7 Å². The van der Waals surface area contributed by atoms with Gasteiger partial charge >= 0.3 is 0 Å². The predicted octanol–water partition coefficient (Wildman–Crippen LogP) is 3.32. The van der Waals surface area contributed by atoms with Crippen LogP contribution in [0.5, 0.6) is 5.75 Å². The minimum Gasteiger partial charge on any atom is -0.491 e. The monoisotopic (exact) mass is 296 g/mol. The molecule has 5 heteroatoms. The molecule has 0 saturated carbocycles. The Hall–Kier alpha value is -1.62. The number of nitrogens with two attached hydrogens (primary N) is 1. The molecule has 0 bridgehead atoms. The molecule has 118 valence electrons. The Morgan fingerprint density at radius 3 is 2.67 bits per heavy atom. The average molecular weight is 296 g/mol. The van der Waals surface area contributed by atoms with Gasteiger partial charge in [0.25, 0.3) is 0 Å². The first-order valence-electron chi connectivity index (χ1n) is 7.42. The quantitative estimate of drug-likeness (QED) is 0.773. The number of hydrogen-bond donors (Lipinski definition) is 2. The molecule has 4 nitrogen and oxygen atoms in total. The number of amides is 1. The summed E-state index contributed by atoms with van der Waals surface area (Å²) in [5, 5.41) is 2.72. The molecule has 0 heterocycles. The largest absolute Gasteiger partial charge is 0.491 e. The molecule has 1 aromatic rings. The summed E-state index contributed by atoms with van der Waals surface area (Å²) in [6.07, 6.45) is 2.58. The van der Waals surface area contributed by atoms with Crippen LogP contribution in [0.2, 0.25) is 0 Å². The van der Waals surface area contributed by atoms with Crippen LogP contribution in [0.25, 0.3) is 0 Å². The third kappa shape index (κ3) is 6.12. The fraction of sp³-hybridized carbons (Fsp3) is 0.562. The van der Waals surface area contributed by atoms with Gasteiger partial charge in [0.2, 0.25) is 5.91 Å². The van der Waals surface area contributed by atoms with Crippen LogP contribution in [-0.2, 0) is 4.79 Å². The van der Waals surface area contributed by atoms with E-state index in [0.717, 1.165) is 19.3 Å². The number of carbonyl (C=O) groups is 1. The fourth-order valence-corrected chi connectivity index (χ4v) is 1.99. The van der Waals surface area contributed by atoms with Gasteiger partial charge < -0.3 is 15.8 Å². The summed E-state index contributed by atoms with van der Waals surface area (Å²) in [6, 6.07) is 4.59. The number of rotatable bonds is 8. The van der Waals surface area contributed by atoms with E-state index in [1.807, 2.05) is 13.8 Å². The van der Waals surface area contributed by atoms with E-state index >= 15 is 0 Å². The summed E-state index contributed by atoms with van der Waals surface area (Å²) < 4.78 is 18.8. The second-order valence-electron chi connectivity index (χ2n) is 5.38. The first kappa shape index (κ1) is 17.4. The van der Waals surface area contributed by atoms with E-state index < -0.39 is 5.82 Å². The lowest BCUT2D eigenvalue weighted by Crippen LogP contribution is -2.21. The summed E-state index contributed by atoms with van der Waals surface area (Å²) in [7, 11) is 0. The Kier molecular flexibility index (Phi) is 7.15. The van der Waals surface area contributed by atoms with Crippen molar-refractivity contribution in [1.29, 1.82) is 0 Å². The van der Waals surface area contributed by atoms with Crippen LogP contribution in [0.15, 0.2) is 18.2 Å². The van der Waals surface area contributed by atoms with Crippen molar-refractivity contribution in [1.82, 2.24) is 0 Å². The highest BCUT2D eigenvalue weighted by atomic mass is 19.1. The van der Waals surface area contributed by atoms with Crippen molar-refractivity contribution in [2.24, 2.45) is 11.7 Å². The Morgan fingerprint density at radius 1 is 1.38 bits per heavy atom. The van der Waals surface area contributed by atoms with Gasteiger partial charge in [-0.1, -0.05) is 13.3 Å². The second-order valence-corrected chi connectivity index (χ2v) is 5.38. The Balaban J connectivity index is 2.52. The molecule has 0 aromatic heterocycles. The number of ether oxygens (including phenoxy) is 1. The number of halogens is 1. The molecule has 2 unspecified atom stereocenters. The van der Waals surface area contributed by atoms with Crippen molar-refractivity contribution in [3.63, 3.8) is 0 Å². The molecule has 1 amide bonds. The highest BCUT2D eigenvalue weighted by Gasteiger charge is 2.14. The fourth-order valence-electron chi connectivity index (χ4n) is 1.99. The minimum absolute atomic E-state index is 0.108. The highest BCUT2D eigenvalue weighted by molar-refractivity contribution is 5.92. The third-order valence-electron chi connectivity index (χ3n) is 3.24.